The quantitative estimate of drug-likeness (QED) is 0.0210. The van der Waals surface area contributed by atoms with E-state index in [9.17, 15) is 28.8 Å². The number of ether oxygens (including phenoxy) is 8. The van der Waals surface area contributed by atoms with Crippen molar-refractivity contribution in [3.8, 4) is 23.0 Å². The van der Waals surface area contributed by atoms with Gasteiger partial charge in [-0.25, -0.2) is 28.8 Å². The molecule has 0 fully saturated rings. The van der Waals surface area contributed by atoms with Gasteiger partial charge in [0.25, 0.3) is 0 Å². The highest BCUT2D eigenvalue weighted by Gasteiger charge is 2.15. The highest BCUT2D eigenvalue weighted by atomic mass is 16.7. The molecule has 3 aromatic carbocycles. The van der Waals surface area contributed by atoms with Crippen LogP contribution >= 0.6 is 0 Å². The Labute approximate surface area is 331 Å². The number of hydrogen-bond donors (Lipinski definition) is 0. The Hall–Kier alpha value is -6.44. The van der Waals surface area contributed by atoms with Gasteiger partial charge in [-0.2, -0.15) is 0 Å². The average Bonchev–Trinajstić information content (AvgIpc) is 3.20. The highest BCUT2D eigenvalue weighted by Crippen LogP contribution is 2.26. The summed E-state index contributed by atoms with van der Waals surface area (Å²) in [7, 11) is 0. The van der Waals surface area contributed by atoms with Gasteiger partial charge in [-0.1, -0.05) is 38.8 Å². The van der Waals surface area contributed by atoms with Gasteiger partial charge in [0.2, 0.25) is 0 Å². The van der Waals surface area contributed by atoms with Crippen molar-refractivity contribution in [2.75, 3.05) is 26.4 Å². The molecule has 3 rings (SSSR count). The van der Waals surface area contributed by atoms with E-state index >= 15 is 0 Å². The van der Waals surface area contributed by atoms with Crippen molar-refractivity contribution in [3.05, 3.63) is 109 Å². The molecular formula is C43H48O14. The predicted molar refractivity (Wildman–Crippen MR) is 206 cm³/mol. The Balaban J connectivity index is 1.33. The molecule has 0 atom stereocenters. The molecule has 0 aliphatic heterocycles. The molecule has 14 heteroatoms. The molecule has 0 unspecified atom stereocenters. The summed E-state index contributed by atoms with van der Waals surface area (Å²) in [6, 6.07) is 16.1. The fourth-order valence-electron chi connectivity index (χ4n) is 4.94. The highest BCUT2D eigenvalue weighted by molar-refractivity contribution is 5.92. The summed E-state index contributed by atoms with van der Waals surface area (Å²) in [5, 5.41) is 0. The number of carbonyl (C=O) groups excluding carboxylic acids is 6. The smallest absolute Gasteiger partial charge is 0.463 e. The Morgan fingerprint density at radius 1 is 0.456 bits per heavy atom. The van der Waals surface area contributed by atoms with Gasteiger partial charge in [-0.3, -0.25) is 0 Å². The largest absolute Gasteiger partial charge is 0.513 e. The van der Waals surface area contributed by atoms with Crippen molar-refractivity contribution < 1.29 is 66.7 Å². The number of benzene rings is 3. The normalized spacial score (nSPS) is 10.3. The second kappa shape index (κ2) is 25.6. The van der Waals surface area contributed by atoms with Gasteiger partial charge in [0.1, 0.15) is 23.0 Å². The lowest BCUT2D eigenvalue weighted by Crippen LogP contribution is -2.13. The molecule has 304 valence electrons. The van der Waals surface area contributed by atoms with Crippen LogP contribution in [0.1, 0.15) is 90.5 Å². The predicted octanol–water partition coefficient (Wildman–Crippen LogP) is 8.82. The summed E-state index contributed by atoms with van der Waals surface area (Å²) in [4.78, 5) is 71.6. The lowest BCUT2D eigenvalue weighted by atomic mass is 10.1. The molecule has 0 saturated carbocycles. The molecule has 14 nitrogen and oxygen atoms in total. The Bertz CT molecular complexity index is 1800. The van der Waals surface area contributed by atoms with Crippen LogP contribution in [-0.2, 0) is 28.5 Å². The molecule has 0 aliphatic carbocycles. The number of unbranched alkanes of at least 4 members (excludes halogenated alkanes) is 8. The molecule has 0 heterocycles. The molecule has 0 N–H and O–H groups in total. The first kappa shape index (κ1) is 45.0. The molecule has 0 spiro atoms. The van der Waals surface area contributed by atoms with E-state index in [2.05, 4.69) is 13.2 Å². The van der Waals surface area contributed by atoms with Gasteiger partial charge in [0, 0.05) is 12.2 Å². The minimum atomic E-state index is -0.875. The first-order chi connectivity index (χ1) is 27.6. The van der Waals surface area contributed by atoms with E-state index in [1.165, 1.54) is 60.7 Å². The summed E-state index contributed by atoms with van der Waals surface area (Å²) in [5.41, 5.74) is 0.940. The second-order valence-corrected chi connectivity index (χ2v) is 12.4. The molecule has 0 aromatic heterocycles. The monoisotopic (exact) mass is 788 g/mol. The number of rotatable bonds is 24. The number of carbonyl (C=O) groups is 6. The van der Waals surface area contributed by atoms with E-state index in [1.54, 1.807) is 13.0 Å². The summed E-state index contributed by atoms with van der Waals surface area (Å²) in [5.74, 6) is -1.35. The van der Waals surface area contributed by atoms with Gasteiger partial charge >= 0.3 is 36.2 Å². The molecule has 0 radical (unpaired) electrons. The lowest BCUT2D eigenvalue weighted by Gasteiger charge is -2.11. The zero-order valence-electron chi connectivity index (χ0n) is 32.0. The molecule has 57 heavy (non-hydrogen) atoms. The summed E-state index contributed by atoms with van der Waals surface area (Å²) in [6.07, 6.45) is 8.65. The van der Waals surface area contributed by atoms with E-state index in [0.29, 0.717) is 38.0 Å². The first-order valence-electron chi connectivity index (χ1n) is 18.6. The van der Waals surface area contributed by atoms with Crippen molar-refractivity contribution >= 4 is 36.2 Å². The van der Waals surface area contributed by atoms with Crippen LogP contribution in [0.4, 0.5) is 9.59 Å². The summed E-state index contributed by atoms with van der Waals surface area (Å²) < 4.78 is 41.3. The van der Waals surface area contributed by atoms with E-state index in [1.807, 2.05) is 0 Å². The van der Waals surface area contributed by atoms with E-state index in [4.69, 9.17) is 37.9 Å². The zero-order chi connectivity index (χ0) is 41.3. The molecule has 0 bridgehead atoms. The number of aryl methyl sites for hydroxylation is 1. The van der Waals surface area contributed by atoms with E-state index < -0.39 is 36.2 Å². The minimum absolute atomic E-state index is 0.167. The maximum atomic E-state index is 12.8. The Morgan fingerprint density at radius 3 is 1.23 bits per heavy atom. The van der Waals surface area contributed by atoms with Crippen LogP contribution in [0.3, 0.4) is 0 Å². The number of esters is 4. The summed E-state index contributed by atoms with van der Waals surface area (Å²) >= 11 is 0. The maximum Gasteiger partial charge on any atom is 0.513 e. The van der Waals surface area contributed by atoms with E-state index in [-0.39, 0.29) is 47.3 Å². The van der Waals surface area contributed by atoms with Crippen LogP contribution < -0.4 is 18.9 Å². The fourth-order valence-corrected chi connectivity index (χ4v) is 4.94. The standard InChI is InChI=1S/C43H48O14/c1-4-38(44)50-26-12-8-6-7-9-14-28-52-42(48)56-35-22-18-33(19-23-35)41(47)57-37-25-24-36(30-31(37)3)54-40(46)32-16-20-34(21-17-32)55-43(49)53-29-15-11-10-13-27-51-39(45)5-2/h4-5,16-25,30H,1-2,6-15,26-29H2,3H3. The van der Waals surface area contributed by atoms with Gasteiger partial charge in [-0.05, 0) is 118 Å². The van der Waals surface area contributed by atoms with Crippen molar-refractivity contribution in [2.24, 2.45) is 0 Å². The molecule has 3 aromatic rings. The minimum Gasteiger partial charge on any atom is -0.463 e. The number of hydrogen-bond acceptors (Lipinski definition) is 14. The first-order valence-corrected chi connectivity index (χ1v) is 18.6. The Morgan fingerprint density at radius 2 is 0.825 bits per heavy atom. The second-order valence-electron chi connectivity index (χ2n) is 12.4. The third kappa shape index (κ3) is 18.2. The topological polar surface area (TPSA) is 176 Å². The van der Waals surface area contributed by atoms with Crippen molar-refractivity contribution in [1.82, 2.24) is 0 Å². The van der Waals surface area contributed by atoms with Gasteiger partial charge in [0.15, 0.2) is 0 Å². The van der Waals surface area contributed by atoms with Crippen molar-refractivity contribution in [3.63, 3.8) is 0 Å². The van der Waals surface area contributed by atoms with Gasteiger partial charge in [-0.15, -0.1) is 0 Å². The maximum absolute atomic E-state index is 12.8. The molecule has 0 aliphatic rings. The average molecular weight is 789 g/mol. The van der Waals surface area contributed by atoms with Crippen molar-refractivity contribution in [1.29, 1.82) is 0 Å². The van der Waals surface area contributed by atoms with Crippen LogP contribution in [0.5, 0.6) is 23.0 Å². The molecular weight excluding hydrogens is 740 g/mol. The van der Waals surface area contributed by atoms with Crippen LogP contribution in [0.25, 0.3) is 0 Å². The zero-order valence-corrected chi connectivity index (χ0v) is 32.0. The van der Waals surface area contributed by atoms with Crippen LogP contribution in [0.15, 0.2) is 92.0 Å². The van der Waals surface area contributed by atoms with Gasteiger partial charge in [0.05, 0.1) is 37.6 Å². The van der Waals surface area contributed by atoms with Crippen molar-refractivity contribution in [2.45, 2.75) is 71.1 Å². The Kier molecular flexibility index (Phi) is 20.2. The lowest BCUT2D eigenvalue weighted by molar-refractivity contribution is -0.138. The fraction of sp³-hybridized carbons (Fsp3) is 0.349. The third-order valence-corrected chi connectivity index (χ3v) is 7.98. The molecule has 0 saturated heterocycles. The SMILES string of the molecule is C=CC(=O)OCCCCCCCCOC(=O)Oc1ccc(C(=O)Oc2ccc(OC(=O)c3ccc(OC(=O)OCCCCCCOC(=O)C=C)cc3)cc2C)cc1. The van der Waals surface area contributed by atoms with Crippen LogP contribution in [0, 0.1) is 6.92 Å². The summed E-state index contributed by atoms with van der Waals surface area (Å²) in [6.45, 7) is 9.43. The van der Waals surface area contributed by atoms with Crippen LogP contribution in [0.2, 0.25) is 0 Å². The third-order valence-electron chi connectivity index (χ3n) is 7.98. The van der Waals surface area contributed by atoms with E-state index in [0.717, 1.165) is 57.1 Å². The van der Waals surface area contributed by atoms with Crippen LogP contribution in [-0.4, -0.2) is 62.6 Å². The molecule has 0 amide bonds. The van der Waals surface area contributed by atoms with Gasteiger partial charge < -0.3 is 37.9 Å².